The number of nitrogens with zero attached hydrogens (tertiary/aromatic N) is 3. The minimum atomic E-state index is 0.731. The minimum absolute atomic E-state index is 0.731. The van der Waals surface area contributed by atoms with Crippen molar-refractivity contribution in [3.8, 4) is 0 Å². The number of fused-ring (bicyclic) bond motifs is 2. The van der Waals surface area contributed by atoms with Gasteiger partial charge < -0.3 is 0 Å². The van der Waals surface area contributed by atoms with Gasteiger partial charge in [0.05, 0.1) is 11.2 Å². The van der Waals surface area contributed by atoms with Crippen LogP contribution in [0, 0.1) is 13.8 Å². The molecule has 0 N–H and O–H groups in total. The molecule has 3 nitrogen and oxygen atoms in total. The number of aryl methyl sites for hydroxylation is 2. The molecule has 0 atom stereocenters. The number of hydrogen-bond donors (Lipinski definition) is 0. The van der Waals surface area contributed by atoms with Crippen LogP contribution in [0.3, 0.4) is 0 Å². The van der Waals surface area contributed by atoms with E-state index < -0.39 is 0 Å². The van der Waals surface area contributed by atoms with Gasteiger partial charge in [-0.15, -0.1) is 0 Å². The van der Waals surface area contributed by atoms with E-state index in [2.05, 4.69) is 49.2 Å². The van der Waals surface area contributed by atoms with E-state index in [4.69, 9.17) is 9.98 Å². The van der Waals surface area contributed by atoms with Crippen LogP contribution in [0.5, 0.6) is 0 Å². The Hall–Kier alpha value is -2.59. The van der Waals surface area contributed by atoms with Crippen LogP contribution < -0.4 is 4.80 Å². The van der Waals surface area contributed by atoms with E-state index in [0.29, 0.717) is 0 Å². The summed E-state index contributed by atoms with van der Waals surface area (Å²) in [7, 11) is 0. The fourth-order valence-electron chi connectivity index (χ4n) is 2.52. The normalized spacial score (nSPS) is 12.2. The van der Waals surface area contributed by atoms with Crippen LogP contribution in [0.25, 0.3) is 21.1 Å². The minimum Gasteiger partial charge on any atom is -0.237 e. The lowest BCUT2D eigenvalue weighted by atomic mass is 10.1. The lowest BCUT2D eigenvalue weighted by Crippen LogP contribution is -2.02. The zero-order chi connectivity index (χ0) is 15.8. The van der Waals surface area contributed by atoms with Crippen LogP contribution in [-0.4, -0.2) is 9.97 Å². The van der Waals surface area contributed by atoms with Crippen molar-refractivity contribution in [1.29, 1.82) is 0 Å². The molecule has 0 bridgehead atoms. The second kappa shape index (κ2) is 5.56. The first-order chi connectivity index (χ1) is 11.2. The zero-order valence-corrected chi connectivity index (χ0v) is 13.8. The molecule has 0 aliphatic carbocycles. The molecule has 2 aromatic heterocycles. The summed E-state index contributed by atoms with van der Waals surface area (Å²) in [5.74, 6) is 0. The van der Waals surface area contributed by atoms with E-state index in [9.17, 15) is 0 Å². The Bertz CT molecular complexity index is 1100. The number of rotatable bonds is 1. The summed E-state index contributed by atoms with van der Waals surface area (Å²) in [6.45, 7) is 4.14. The van der Waals surface area contributed by atoms with Gasteiger partial charge >= 0.3 is 0 Å². The predicted molar refractivity (Wildman–Crippen MR) is 96.1 cm³/mol. The largest absolute Gasteiger partial charge is 0.237 e. The third-order valence-electron chi connectivity index (χ3n) is 3.80. The Morgan fingerprint density at radius 1 is 0.957 bits per heavy atom. The fourth-order valence-corrected chi connectivity index (χ4v) is 3.32. The van der Waals surface area contributed by atoms with E-state index in [-0.39, 0.29) is 0 Å². The highest BCUT2D eigenvalue weighted by molar-refractivity contribution is 7.15. The van der Waals surface area contributed by atoms with Gasteiger partial charge in [0.15, 0.2) is 0 Å². The van der Waals surface area contributed by atoms with Gasteiger partial charge in [-0.05, 0) is 43.2 Å². The molecule has 0 spiro atoms. The Morgan fingerprint density at radius 2 is 1.83 bits per heavy atom. The van der Waals surface area contributed by atoms with E-state index in [1.807, 2.05) is 24.4 Å². The molecule has 2 aromatic carbocycles. The standard InChI is InChI=1S/C19H15N3S/c1-12-7-8-13(2)17(9-12)22-19-20-11-15-10-14-5-3-4-6-16(14)21-18(15)23-19/h3-11H,1-2H3. The highest BCUT2D eigenvalue weighted by atomic mass is 32.1. The summed E-state index contributed by atoms with van der Waals surface area (Å²) in [5, 5.41) is 2.18. The van der Waals surface area contributed by atoms with Crippen LogP contribution in [0.4, 0.5) is 5.69 Å². The molecule has 4 aromatic rings. The monoisotopic (exact) mass is 317 g/mol. The van der Waals surface area contributed by atoms with E-state index in [1.54, 1.807) is 0 Å². The first kappa shape index (κ1) is 14.0. The van der Waals surface area contributed by atoms with Gasteiger partial charge in [-0.3, -0.25) is 0 Å². The molecule has 0 fully saturated rings. The number of aromatic nitrogens is 2. The van der Waals surface area contributed by atoms with E-state index in [1.165, 1.54) is 16.9 Å². The van der Waals surface area contributed by atoms with Crippen molar-refractivity contribution in [3.63, 3.8) is 0 Å². The first-order valence-electron chi connectivity index (χ1n) is 7.47. The average molecular weight is 317 g/mol. The van der Waals surface area contributed by atoms with Crippen molar-refractivity contribution in [2.45, 2.75) is 13.8 Å². The SMILES string of the molecule is Cc1ccc(C)c(N=c2ncc3cc4ccccc4nc3s2)c1. The van der Waals surface area contributed by atoms with Gasteiger partial charge in [-0.1, -0.05) is 41.7 Å². The topological polar surface area (TPSA) is 38.1 Å². The molecule has 0 aliphatic heterocycles. The Labute approximate surface area is 138 Å². The van der Waals surface area contributed by atoms with Crippen LogP contribution in [0.1, 0.15) is 11.1 Å². The molecule has 0 radical (unpaired) electrons. The second-order valence-corrected chi connectivity index (χ2v) is 6.58. The van der Waals surface area contributed by atoms with Crippen molar-refractivity contribution < 1.29 is 0 Å². The van der Waals surface area contributed by atoms with Crippen LogP contribution in [0.15, 0.2) is 59.7 Å². The number of benzene rings is 2. The van der Waals surface area contributed by atoms with Crippen LogP contribution in [-0.2, 0) is 0 Å². The number of hydrogen-bond acceptors (Lipinski definition) is 4. The van der Waals surface area contributed by atoms with Gasteiger partial charge in [0.25, 0.3) is 0 Å². The Kier molecular flexibility index (Phi) is 3.39. The Morgan fingerprint density at radius 3 is 2.74 bits per heavy atom. The highest BCUT2D eigenvalue weighted by Gasteiger charge is 2.02. The van der Waals surface area contributed by atoms with Crippen molar-refractivity contribution in [2.75, 3.05) is 0 Å². The molecule has 4 heteroatoms. The number of pyridine rings is 1. The molecular weight excluding hydrogens is 302 g/mol. The van der Waals surface area contributed by atoms with Crippen molar-refractivity contribution in [2.24, 2.45) is 4.99 Å². The third kappa shape index (κ3) is 2.73. The van der Waals surface area contributed by atoms with Gasteiger partial charge in [0.1, 0.15) is 4.83 Å². The average Bonchev–Trinajstić information content (AvgIpc) is 2.56. The Balaban J connectivity index is 1.92. The molecular formula is C19H15N3S. The molecule has 0 aliphatic rings. The molecule has 2 heterocycles. The van der Waals surface area contributed by atoms with Crippen molar-refractivity contribution in [1.82, 2.24) is 9.97 Å². The van der Waals surface area contributed by atoms with Gasteiger partial charge in [0.2, 0.25) is 4.80 Å². The first-order valence-corrected chi connectivity index (χ1v) is 8.28. The maximum absolute atomic E-state index is 4.74. The molecule has 112 valence electrons. The quantitative estimate of drug-likeness (QED) is 0.477. The fraction of sp³-hybridized carbons (Fsp3) is 0.105. The summed E-state index contributed by atoms with van der Waals surface area (Å²) < 4.78 is 0. The van der Waals surface area contributed by atoms with Gasteiger partial charge in [-0.25, -0.2) is 15.0 Å². The van der Waals surface area contributed by atoms with Crippen LogP contribution in [0.2, 0.25) is 0 Å². The molecule has 23 heavy (non-hydrogen) atoms. The summed E-state index contributed by atoms with van der Waals surface area (Å²) in [6, 6.07) is 16.5. The summed E-state index contributed by atoms with van der Waals surface area (Å²) in [5.41, 5.74) is 4.31. The smallest absolute Gasteiger partial charge is 0.211 e. The summed E-state index contributed by atoms with van der Waals surface area (Å²) in [4.78, 5) is 15.6. The van der Waals surface area contributed by atoms with Gasteiger partial charge in [0, 0.05) is 17.0 Å². The maximum Gasteiger partial charge on any atom is 0.211 e. The molecule has 0 saturated heterocycles. The molecule has 0 unspecified atom stereocenters. The highest BCUT2D eigenvalue weighted by Crippen LogP contribution is 2.21. The van der Waals surface area contributed by atoms with E-state index >= 15 is 0 Å². The molecule has 0 saturated carbocycles. The lowest BCUT2D eigenvalue weighted by Gasteiger charge is -2.02. The molecule has 0 amide bonds. The molecule has 4 rings (SSSR count). The van der Waals surface area contributed by atoms with Crippen molar-refractivity contribution >= 4 is 38.1 Å². The second-order valence-electron chi connectivity index (χ2n) is 5.62. The maximum atomic E-state index is 4.74. The zero-order valence-electron chi connectivity index (χ0n) is 12.9. The summed E-state index contributed by atoms with van der Waals surface area (Å²) >= 11 is 1.52. The van der Waals surface area contributed by atoms with Gasteiger partial charge in [-0.2, -0.15) is 0 Å². The third-order valence-corrected chi connectivity index (χ3v) is 4.70. The number of para-hydroxylation sites is 1. The van der Waals surface area contributed by atoms with Crippen LogP contribution >= 0.6 is 11.3 Å². The lowest BCUT2D eigenvalue weighted by molar-refractivity contribution is 1.20. The predicted octanol–water partition coefficient (Wildman–Crippen LogP) is 4.69. The van der Waals surface area contributed by atoms with E-state index in [0.717, 1.165) is 37.2 Å². The van der Waals surface area contributed by atoms with Crippen molar-refractivity contribution in [3.05, 3.63) is 70.7 Å². The summed E-state index contributed by atoms with van der Waals surface area (Å²) in [6.07, 6.45) is 1.86.